The first-order valence-electron chi connectivity index (χ1n) is 6.25. The number of hydrogen-bond acceptors (Lipinski definition) is 4. The number of methoxy groups -OCH3 is 1. The lowest BCUT2D eigenvalue weighted by Gasteiger charge is -2.27. The third-order valence-electron chi connectivity index (χ3n) is 2.95. The smallest absolute Gasteiger partial charge is 0.240 e. The Morgan fingerprint density at radius 1 is 1.42 bits per heavy atom. The molecule has 0 saturated heterocycles. The molecule has 1 amide bonds. The lowest BCUT2D eigenvalue weighted by Crippen LogP contribution is -2.57. The highest BCUT2D eigenvalue weighted by Gasteiger charge is 2.31. The molecule has 0 saturated carbocycles. The van der Waals surface area contributed by atoms with Gasteiger partial charge in [-0.25, -0.2) is 0 Å². The molecule has 106 valence electrons. The van der Waals surface area contributed by atoms with E-state index in [0.717, 1.165) is 5.56 Å². The highest BCUT2D eigenvalue weighted by atomic mass is 16.5. The van der Waals surface area contributed by atoms with Crippen LogP contribution in [0.25, 0.3) is 0 Å². The van der Waals surface area contributed by atoms with E-state index in [9.17, 15) is 4.79 Å². The third-order valence-corrected chi connectivity index (χ3v) is 2.95. The van der Waals surface area contributed by atoms with Crippen molar-refractivity contribution in [2.75, 3.05) is 20.3 Å². The summed E-state index contributed by atoms with van der Waals surface area (Å²) in [5.74, 6) is 0.794. The van der Waals surface area contributed by atoms with Gasteiger partial charge in [-0.2, -0.15) is 0 Å². The lowest BCUT2D eigenvalue weighted by atomic mass is 10.0. The minimum absolute atomic E-state index is 0.148. The molecule has 0 aliphatic rings. The van der Waals surface area contributed by atoms with Crippen molar-refractivity contribution in [2.24, 2.45) is 5.73 Å². The number of hydrogen-bond donors (Lipinski definition) is 2. The Bertz CT molecular complexity index is 448. The van der Waals surface area contributed by atoms with E-state index >= 15 is 0 Å². The van der Waals surface area contributed by atoms with Crippen molar-refractivity contribution in [3.05, 3.63) is 23.8 Å². The zero-order valence-corrected chi connectivity index (χ0v) is 11.9. The Labute approximate surface area is 114 Å². The molecule has 5 heteroatoms. The van der Waals surface area contributed by atoms with E-state index in [-0.39, 0.29) is 6.61 Å². The van der Waals surface area contributed by atoms with Crippen LogP contribution in [0.5, 0.6) is 11.5 Å². The van der Waals surface area contributed by atoms with E-state index in [2.05, 4.69) is 5.32 Å². The van der Waals surface area contributed by atoms with Gasteiger partial charge in [-0.1, -0.05) is 13.0 Å². The number of nitrogens with one attached hydrogen (secondary N) is 1. The van der Waals surface area contributed by atoms with Crippen LogP contribution in [-0.2, 0) is 4.79 Å². The summed E-state index contributed by atoms with van der Waals surface area (Å²) in [7, 11) is 1.58. The van der Waals surface area contributed by atoms with Crippen LogP contribution >= 0.6 is 0 Å². The molecule has 1 unspecified atom stereocenters. The fourth-order valence-corrected chi connectivity index (χ4v) is 1.72. The van der Waals surface area contributed by atoms with E-state index < -0.39 is 11.4 Å². The van der Waals surface area contributed by atoms with Gasteiger partial charge < -0.3 is 20.5 Å². The number of likely N-dealkylation sites (N-methyl/N-ethyl adjacent to an activating group) is 1. The summed E-state index contributed by atoms with van der Waals surface area (Å²) in [5.41, 5.74) is 5.58. The van der Waals surface area contributed by atoms with Crippen molar-refractivity contribution >= 4 is 5.91 Å². The van der Waals surface area contributed by atoms with Crippen LogP contribution in [-0.4, -0.2) is 31.7 Å². The fraction of sp³-hybridized carbons (Fsp3) is 0.500. The molecule has 5 nitrogen and oxygen atoms in total. The SMILES string of the molecule is CCNC(C)(COc1ccc(C)cc1OC)C(N)=O. The number of carbonyl (C=O) groups excluding carboxylic acids is 1. The van der Waals surface area contributed by atoms with Crippen molar-refractivity contribution in [1.29, 1.82) is 0 Å². The molecule has 0 radical (unpaired) electrons. The number of ether oxygens (including phenoxy) is 2. The summed E-state index contributed by atoms with van der Waals surface area (Å²) in [6.45, 7) is 6.38. The van der Waals surface area contributed by atoms with Crippen molar-refractivity contribution in [2.45, 2.75) is 26.3 Å². The van der Waals surface area contributed by atoms with Crippen LogP contribution in [0.4, 0.5) is 0 Å². The summed E-state index contributed by atoms with van der Waals surface area (Å²) in [6.07, 6.45) is 0. The Balaban J connectivity index is 2.82. The van der Waals surface area contributed by atoms with Crippen LogP contribution in [0.15, 0.2) is 18.2 Å². The van der Waals surface area contributed by atoms with Gasteiger partial charge in [0.1, 0.15) is 12.1 Å². The van der Waals surface area contributed by atoms with Crippen LogP contribution in [0, 0.1) is 6.92 Å². The maximum absolute atomic E-state index is 11.5. The highest BCUT2D eigenvalue weighted by Crippen LogP contribution is 2.28. The molecule has 0 bridgehead atoms. The number of carbonyl (C=O) groups is 1. The van der Waals surface area contributed by atoms with Gasteiger partial charge in [0.25, 0.3) is 0 Å². The zero-order valence-electron chi connectivity index (χ0n) is 11.9. The van der Waals surface area contributed by atoms with Gasteiger partial charge >= 0.3 is 0 Å². The van der Waals surface area contributed by atoms with Gasteiger partial charge in [0.05, 0.1) is 7.11 Å². The van der Waals surface area contributed by atoms with Crippen molar-refractivity contribution < 1.29 is 14.3 Å². The Hall–Kier alpha value is -1.75. The summed E-state index contributed by atoms with van der Waals surface area (Å²) in [5, 5.41) is 3.04. The lowest BCUT2D eigenvalue weighted by molar-refractivity contribution is -0.124. The molecule has 0 heterocycles. The minimum atomic E-state index is -0.898. The second-order valence-corrected chi connectivity index (χ2v) is 4.67. The monoisotopic (exact) mass is 266 g/mol. The first-order chi connectivity index (χ1) is 8.92. The minimum Gasteiger partial charge on any atom is -0.493 e. The molecule has 0 aromatic heterocycles. The average molecular weight is 266 g/mol. The zero-order chi connectivity index (χ0) is 14.5. The molecule has 0 fully saturated rings. The summed E-state index contributed by atoms with van der Waals surface area (Å²) in [6, 6.07) is 5.62. The largest absolute Gasteiger partial charge is 0.493 e. The Morgan fingerprint density at radius 3 is 2.63 bits per heavy atom. The predicted molar refractivity (Wildman–Crippen MR) is 74.5 cm³/mol. The first-order valence-corrected chi connectivity index (χ1v) is 6.25. The number of aryl methyl sites for hydroxylation is 1. The van der Waals surface area contributed by atoms with Crippen LogP contribution in [0.2, 0.25) is 0 Å². The Morgan fingerprint density at radius 2 is 2.11 bits per heavy atom. The van der Waals surface area contributed by atoms with Gasteiger partial charge in [-0.05, 0) is 38.1 Å². The molecular weight excluding hydrogens is 244 g/mol. The Kier molecular flexibility index (Phi) is 5.18. The summed E-state index contributed by atoms with van der Waals surface area (Å²) in [4.78, 5) is 11.5. The quantitative estimate of drug-likeness (QED) is 0.778. The molecule has 0 spiro atoms. The second-order valence-electron chi connectivity index (χ2n) is 4.67. The van der Waals surface area contributed by atoms with Gasteiger partial charge in [-0.3, -0.25) is 4.79 Å². The number of amides is 1. The molecule has 0 aliphatic heterocycles. The highest BCUT2D eigenvalue weighted by molar-refractivity contribution is 5.84. The molecule has 1 aromatic carbocycles. The second kappa shape index (κ2) is 6.43. The topological polar surface area (TPSA) is 73.6 Å². The number of nitrogens with two attached hydrogens (primary N) is 1. The molecule has 0 aliphatic carbocycles. The van der Waals surface area contributed by atoms with Crippen LogP contribution in [0.3, 0.4) is 0 Å². The van der Waals surface area contributed by atoms with Crippen molar-refractivity contribution in [3.63, 3.8) is 0 Å². The van der Waals surface area contributed by atoms with Crippen molar-refractivity contribution in [3.8, 4) is 11.5 Å². The predicted octanol–water partition coefficient (Wildman–Crippen LogP) is 1.24. The van der Waals surface area contributed by atoms with E-state index in [1.165, 1.54) is 0 Å². The fourth-order valence-electron chi connectivity index (χ4n) is 1.72. The summed E-state index contributed by atoms with van der Waals surface area (Å²) < 4.78 is 10.9. The number of primary amides is 1. The molecule has 1 atom stereocenters. The van der Waals surface area contributed by atoms with E-state index in [0.29, 0.717) is 18.0 Å². The third kappa shape index (κ3) is 3.86. The molecular formula is C14H22N2O3. The van der Waals surface area contributed by atoms with Crippen molar-refractivity contribution in [1.82, 2.24) is 5.32 Å². The van der Waals surface area contributed by atoms with Gasteiger partial charge in [-0.15, -0.1) is 0 Å². The van der Waals surface area contributed by atoms with Gasteiger partial charge in [0, 0.05) is 0 Å². The first kappa shape index (κ1) is 15.3. The maximum atomic E-state index is 11.5. The van der Waals surface area contributed by atoms with Crippen LogP contribution in [0.1, 0.15) is 19.4 Å². The summed E-state index contributed by atoms with van der Waals surface area (Å²) >= 11 is 0. The van der Waals surface area contributed by atoms with E-state index in [4.69, 9.17) is 15.2 Å². The van der Waals surface area contributed by atoms with Gasteiger partial charge in [0.2, 0.25) is 5.91 Å². The van der Waals surface area contributed by atoms with E-state index in [1.807, 2.05) is 32.0 Å². The standard InChI is InChI=1S/C14H22N2O3/c1-5-16-14(3,13(15)17)9-19-11-7-6-10(2)8-12(11)18-4/h6-8,16H,5,9H2,1-4H3,(H2,15,17). The molecule has 1 rings (SSSR count). The normalized spacial score (nSPS) is 13.7. The van der Waals surface area contributed by atoms with E-state index in [1.54, 1.807) is 14.0 Å². The average Bonchev–Trinajstić information content (AvgIpc) is 2.37. The molecule has 3 N–H and O–H groups in total. The molecule has 19 heavy (non-hydrogen) atoms. The van der Waals surface area contributed by atoms with Gasteiger partial charge in [0.15, 0.2) is 11.5 Å². The molecule has 1 aromatic rings. The number of rotatable bonds is 7. The number of benzene rings is 1. The van der Waals surface area contributed by atoms with Crippen LogP contribution < -0.4 is 20.5 Å². The maximum Gasteiger partial charge on any atom is 0.240 e.